The maximum atomic E-state index is 10.7. The van der Waals surface area contributed by atoms with Crippen LogP contribution in [0, 0.1) is 6.92 Å². The third-order valence-electron chi connectivity index (χ3n) is 2.56. The highest BCUT2D eigenvalue weighted by molar-refractivity contribution is 5.84. The molecule has 1 aromatic carbocycles. The van der Waals surface area contributed by atoms with Gasteiger partial charge in [-0.1, -0.05) is 6.07 Å². The minimum absolute atomic E-state index is 0.102. The van der Waals surface area contributed by atoms with E-state index in [2.05, 4.69) is 0 Å². The van der Waals surface area contributed by atoms with E-state index in [4.69, 9.17) is 19.0 Å². The molecule has 2 rings (SSSR count). The lowest BCUT2D eigenvalue weighted by Gasteiger charge is -2.10. The van der Waals surface area contributed by atoms with Gasteiger partial charge < -0.3 is 19.0 Å². The van der Waals surface area contributed by atoms with E-state index in [1.807, 2.05) is 19.1 Å². The third-order valence-corrected chi connectivity index (χ3v) is 2.56. The molecule has 0 aliphatic heterocycles. The number of furan rings is 1. The highest BCUT2D eigenvalue weighted by Gasteiger charge is 2.10. The van der Waals surface area contributed by atoms with Crippen molar-refractivity contribution in [1.82, 2.24) is 0 Å². The Kier molecular flexibility index (Phi) is 3.75. The standard InChI is InChI=1S/C14H14O5/c1-9-3-5-11(13(7-9)17-2)18-8-10-4-6-12(19-10)14(15)16/h3-7H,8H2,1-2H3,(H,15,16). The molecule has 0 saturated heterocycles. The van der Waals surface area contributed by atoms with E-state index in [9.17, 15) is 4.79 Å². The first-order chi connectivity index (χ1) is 9.10. The molecule has 5 nitrogen and oxygen atoms in total. The molecule has 0 bridgehead atoms. The Morgan fingerprint density at radius 3 is 2.68 bits per heavy atom. The molecule has 0 aliphatic rings. The van der Waals surface area contributed by atoms with Gasteiger partial charge >= 0.3 is 5.97 Å². The molecule has 19 heavy (non-hydrogen) atoms. The summed E-state index contributed by atoms with van der Waals surface area (Å²) in [5, 5.41) is 8.74. The van der Waals surface area contributed by atoms with Crippen LogP contribution in [0.3, 0.4) is 0 Å². The van der Waals surface area contributed by atoms with Crippen LogP contribution >= 0.6 is 0 Å². The number of hydrogen-bond donors (Lipinski definition) is 1. The average molecular weight is 262 g/mol. The lowest BCUT2D eigenvalue weighted by atomic mass is 10.2. The van der Waals surface area contributed by atoms with Crippen LogP contribution in [0.2, 0.25) is 0 Å². The van der Waals surface area contributed by atoms with Crippen LogP contribution in [0.25, 0.3) is 0 Å². The van der Waals surface area contributed by atoms with Crippen molar-refractivity contribution in [3.63, 3.8) is 0 Å². The van der Waals surface area contributed by atoms with Crippen LogP contribution in [-0.2, 0) is 6.61 Å². The van der Waals surface area contributed by atoms with Crippen LogP contribution in [-0.4, -0.2) is 18.2 Å². The van der Waals surface area contributed by atoms with Gasteiger partial charge in [0, 0.05) is 0 Å². The largest absolute Gasteiger partial charge is 0.493 e. The van der Waals surface area contributed by atoms with E-state index < -0.39 is 5.97 Å². The fourth-order valence-corrected chi connectivity index (χ4v) is 1.61. The number of carboxylic acid groups (broad SMARTS) is 1. The van der Waals surface area contributed by atoms with Crippen molar-refractivity contribution in [2.24, 2.45) is 0 Å². The molecular weight excluding hydrogens is 248 g/mol. The zero-order valence-electron chi connectivity index (χ0n) is 10.7. The van der Waals surface area contributed by atoms with Crippen molar-refractivity contribution in [2.45, 2.75) is 13.5 Å². The van der Waals surface area contributed by atoms with Gasteiger partial charge in [-0.3, -0.25) is 0 Å². The SMILES string of the molecule is COc1cc(C)ccc1OCc1ccc(C(=O)O)o1. The summed E-state index contributed by atoms with van der Waals surface area (Å²) in [5.41, 5.74) is 1.07. The maximum Gasteiger partial charge on any atom is 0.371 e. The van der Waals surface area contributed by atoms with E-state index in [0.29, 0.717) is 17.3 Å². The highest BCUT2D eigenvalue weighted by Crippen LogP contribution is 2.28. The second kappa shape index (κ2) is 5.48. The van der Waals surface area contributed by atoms with Crippen molar-refractivity contribution in [3.8, 4) is 11.5 Å². The monoisotopic (exact) mass is 262 g/mol. The third kappa shape index (κ3) is 3.07. The average Bonchev–Trinajstić information content (AvgIpc) is 2.86. The van der Waals surface area contributed by atoms with Crippen molar-refractivity contribution < 1.29 is 23.8 Å². The Morgan fingerprint density at radius 2 is 2.05 bits per heavy atom. The summed E-state index contributed by atoms with van der Waals surface area (Å²) in [6.07, 6.45) is 0. The lowest BCUT2D eigenvalue weighted by molar-refractivity contribution is 0.0658. The molecule has 1 N–H and O–H groups in total. The van der Waals surface area contributed by atoms with Gasteiger partial charge in [0.05, 0.1) is 7.11 Å². The molecule has 5 heteroatoms. The van der Waals surface area contributed by atoms with E-state index in [1.165, 1.54) is 6.07 Å². The summed E-state index contributed by atoms with van der Waals surface area (Å²) in [4.78, 5) is 10.7. The fraction of sp³-hybridized carbons (Fsp3) is 0.214. The molecule has 0 saturated carbocycles. The fourth-order valence-electron chi connectivity index (χ4n) is 1.61. The van der Waals surface area contributed by atoms with Gasteiger partial charge in [-0.05, 0) is 36.8 Å². The van der Waals surface area contributed by atoms with Gasteiger partial charge in [0.15, 0.2) is 11.5 Å². The van der Waals surface area contributed by atoms with Gasteiger partial charge in [-0.15, -0.1) is 0 Å². The number of aryl methyl sites for hydroxylation is 1. The number of ether oxygens (including phenoxy) is 2. The van der Waals surface area contributed by atoms with Gasteiger partial charge in [0.2, 0.25) is 5.76 Å². The second-order valence-corrected chi connectivity index (χ2v) is 4.01. The lowest BCUT2D eigenvalue weighted by Crippen LogP contribution is -1.97. The first-order valence-electron chi connectivity index (χ1n) is 5.69. The zero-order valence-corrected chi connectivity index (χ0v) is 10.7. The Balaban J connectivity index is 2.07. The summed E-state index contributed by atoms with van der Waals surface area (Å²) in [6.45, 7) is 2.10. The van der Waals surface area contributed by atoms with Crippen LogP contribution in [0.5, 0.6) is 11.5 Å². The predicted octanol–water partition coefficient (Wildman–Crippen LogP) is 2.87. The Labute approximate surface area is 110 Å². The van der Waals surface area contributed by atoms with E-state index in [1.54, 1.807) is 19.2 Å². The highest BCUT2D eigenvalue weighted by atomic mass is 16.5. The molecule has 1 heterocycles. The Morgan fingerprint density at radius 1 is 1.26 bits per heavy atom. The first-order valence-corrected chi connectivity index (χ1v) is 5.69. The number of rotatable bonds is 5. The van der Waals surface area contributed by atoms with Crippen molar-refractivity contribution in [1.29, 1.82) is 0 Å². The Bertz CT molecular complexity index is 585. The number of benzene rings is 1. The first kappa shape index (κ1) is 13.0. The minimum atomic E-state index is -1.10. The molecule has 100 valence electrons. The summed E-state index contributed by atoms with van der Waals surface area (Å²) < 4.78 is 15.9. The predicted molar refractivity (Wildman–Crippen MR) is 67.7 cm³/mol. The van der Waals surface area contributed by atoms with Gasteiger partial charge in [-0.25, -0.2) is 4.79 Å². The van der Waals surface area contributed by atoms with Gasteiger partial charge in [0.25, 0.3) is 0 Å². The quantitative estimate of drug-likeness (QED) is 0.897. The molecule has 0 atom stereocenters. The molecule has 0 fully saturated rings. The topological polar surface area (TPSA) is 68.9 Å². The van der Waals surface area contributed by atoms with Crippen LogP contribution in [0.4, 0.5) is 0 Å². The molecule has 0 unspecified atom stereocenters. The second-order valence-electron chi connectivity index (χ2n) is 4.01. The zero-order chi connectivity index (χ0) is 13.8. The van der Waals surface area contributed by atoms with Crippen molar-refractivity contribution in [2.75, 3.05) is 7.11 Å². The molecule has 0 spiro atoms. The molecule has 0 radical (unpaired) electrons. The van der Waals surface area contributed by atoms with Gasteiger partial charge in [0.1, 0.15) is 12.4 Å². The number of carbonyl (C=O) groups is 1. The molecule has 0 amide bonds. The normalized spacial score (nSPS) is 10.2. The summed E-state index contributed by atoms with van der Waals surface area (Å²) >= 11 is 0. The summed E-state index contributed by atoms with van der Waals surface area (Å²) in [7, 11) is 1.57. The molecule has 1 aromatic heterocycles. The number of methoxy groups -OCH3 is 1. The minimum Gasteiger partial charge on any atom is -0.493 e. The molecule has 0 aliphatic carbocycles. The molecule has 2 aromatic rings. The van der Waals surface area contributed by atoms with E-state index >= 15 is 0 Å². The smallest absolute Gasteiger partial charge is 0.371 e. The molecular formula is C14H14O5. The van der Waals surface area contributed by atoms with Crippen LogP contribution in [0.1, 0.15) is 21.9 Å². The maximum absolute atomic E-state index is 10.7. The van der Waals surface area contributed by atoms with Gasteiger partial charge in [-0.2, -0.15) is 0 Å². The summed E-state index contributed by atoms with van der Waals surface area (Å²) in [6, 6.07) is 8.54. The Hall–Kier alpha value is -2.43. The number of hydrogen-bond acceptors (Lipinski definition) is 4. The number of aromatic carboxylic acids is 1. The van der Waals surface area contributed by atoms with Crippen LogP contribution < -0.4 is 9.47 Å². The van der Waals surface area contributed by atoms with E-state index in [-0.39, 0.29) is 12.4 Å². The number of carboxylic acids is 1. The van der Waals surface area contributed by atoms with Crippen molar-refractivity contribution in [3.05, 3.63) is 47.4 Å². The van der Waals surface area contributed by atoms with Crippen molar-refractivity contribution >= 4 is 5.97 Å². The summed E-state index contributed by atoms with van der Waals surface area (Å²) in [5.74, 6) is 0.458. The van der Waals surface area contributed by atoms with Crippen LogP contribution in [0.15, 0.2) is 34.7 Å². The van der Waals surface area contributed by atoms with E-state index in [0.717, 1.165) is 5.56 Å².